The number of pyridine rings is 2. The number of carbonyl (C=O) groups is 1. The third-order valence-corrected chi connectivity index (χ3v) is 6.53. The summed E-state index contributed by atoms with van der Waals surface area (Å²) in [4.78, 5) is 27.1. The molecule has 0 aliphatic heterocycles. The number of hydrogen-bond donors (Lipinski definition) is 0. The first-order chi connectivity index (χ1) is 21.1. The lowest BCUT2D eigenvalue weighted by atomic mass is 10.2. The van der Waals surface area contributed by atoms with E-state index in [1.165, 1.54) is 6.92 Å². The molecular formula is C35H27N3O5. The van der Waals surface area contributed by atoms with E-state index in [-0.39, 0.29) is 5.71 Å². The summed E-state index contributed by atoms with van der Waals surface area (Å²) in [5.41, 5.74) is 3.56. The third kappa shape index (κ3) is 7.12. The van der Waals surface area contributed by atoms with Gasteiger partial charge in [0, 0.05) is 10.8 Å². The van der Waals surface area contributed by atoms with Gasteiger partial charge in [0.1, 0.15) is 30.5 Å². The highest BCUT2D eigenvalue weighted by Gasteiger charge is 2.11. The molecule has 212 valence electrons. The number of oxime groups is 1. The average molecular weight is 570 g/mol. The Morgan fingerprint density at radius 1 is 0.581 bits per heavy atom. The molecule has 0 aliphatic rings. The second kappa shape index (κ2) is 12.8. The highest BCUT2D eigenvalue weighted by Crippen LogP contribution is 2.21. The van der Waals surface area contributed by atoms with Gasteiger partial charge in [-0.25, -0.2) is 14.8 Å². The molecule has 0 aliphatic carbocycles. The minimum atomic E-state index is -0.628. The number of carbonyl (C=O) groups excluding carboxylic acids is 1. The van der Waals surface area contributed by atoms with Crippen LogP contribution >= 0.6 is 0 Å². The number of aromatic nitrogens is 2. The zero-order valence-electron chi connectivity index (χ0n) is 23.3. The maximum Gasteiger partial charge on any atom is 0.361 e. The van der Waals surface area contributed by atoms with E-state index < -0.39 is 5.97 Å². The smallest absolute Gasteiger partial charge is 0.361 e. The van der Waals surface area contributed by atoms with Crippen LogP contribution in [0.15, 0.2) is 126 Å². The van der Waals surface area contributed by atoms with Crippen molar-refractivity contribution in [1.82, 2.24) is 9.97 Å². The Balaban J connectivity index is 0.966. The molecule has 0 fully saturated rings. The number of nitrogens with zero attached hydrogens (tertiary/aromatic N) is 3. The summed E-state index contributed by atoms with van der Waals surface area (Å²) >= 11 is 0. The molecule has 0 saturated carbocycles. The van der Waals surface area contributed by atoms with Crippen LogP contribution in [-0.2, 0) is 18.0 Å². The van der Waals surface area contributed by atoms with Gasteiger partial charge in [0.05, 0.1) is 22.4 Å². The topological polar surface area (TPSA) is 92.1 Å². The second-order valence-electron chi connectivity index (χ2n) is 9.67. The molecule has 8 nitrogen and oxygen atoms in total. The first kappa shape index (κ1) is 27.4. The molecule has 8 heteroatoms. The Labute approximate surface area is 248 Å². The fourth-order valence-corrected chi connectivity index (χ4v) is 4.23. The molecule has 0 unspecified atom stereocenters. The zero-order chi connectivity index (χ0) is 29.4. The monoisotopic (exact) mass is 569 g/mol. The number of esters is 1. The van der Waals surface area contributed by atoms with E-state index >= 15 is 0 Å². The molecule has 0 saturated heterocycles. The summed E-state index contributed by atoms with van der Waals surface area (Å²) < 4.78 is 17.1. The van der Waals surface area contributed by atoms with E-state index in [1.807, 2.05) is 72.8 Å². The first-order valence-electron chi connectivity index (χ1n) is 13.7. The van der Waals surface area contributed by atoms with Gasteiger partial charge in [-0.1, -0.05) is 53.7 Å². The molecule has 4 aromatic carbocycles. The Morgan fingerprint density at radius 3 is 1.58 bits per heavy atom. The van der Waals surface area contributed by atoms with Gasteiger partial charge in [0.25, 0.3) is 0 Å². The lowest BCUT2D eigenvalue weighted by molar-refractivity contribution is -0.127. The summed E-state index contributed by atoms with van der Waals surface area (Å²) in [5, 5.41) is 6.07. The van der Waals surface area contributed by atoms with E-state index in [2.05, 4.69) is 15.1 Å². The summed E-state index contributed by atoms with van der Waals surface area (Å²) in [6.45, 7) is 2.18. The molecule has 43 heavy (non-hydrogen) atoms. The minimum absolute atomic E-state index is 0.0606. The fraction of sp³-hybridized carbons (Fsp3) is 0.0857. The number of hydrogen-bond acceptors (Lipinski definition) is 8. The number of benzene rings is 4. The van der Waals surface area contributed by atoms with Crippen LogP contribution in [0.5, 0.6) is 23.0 Å². The van der Waals surface area contributed by atoms with Gasteiger partial charge in [0.2, 0.25) is 0 Å². The molecule has 2 aromatic heterocycles. The largest absolute Gasteiger partial charge is 0.487 e. The predicted octanol–water partition coefficient (Wildman–Crippen LogP) is 7.30. The molecule has 6 aromatic rings. The zero-order valence-corrected chi connectivity index (χ0v) is 23.3. The van der Waals surface area contributed by atoms with E-state index in [1.54, 1.807) is 48.5 Å². The van der Waals surface area contributed by atoms with E-state index in [0.717, 1.165) is 33.2 Å². The van der Waals surface area contributed by atoms with Crippen molar-refractivity contribution in [1.29, 1.82) is 0 Å². The second-order valence-corrected chi connectivity index (χ2v) is 9.67. The number of para-hydroxylation sites is 2. The summed E-state index contributed by atoms with van der Waals surface area (Å²) in [6, 6.07) is 37.5. The van der Waals surface area contributed by atoms with Gasteiger partial charge in [-0.2, -0.15) is 0 Å². The Bertz CT molecular complexity index is 1900. The quantitative estimate of drug-likeness (QED) is 0.0740. The van der Waals surface area contributed by atoms with E-state index in [4.69, 9.17) is 19.0 Å². The van der Waals surface area contributed by atoms with Crippen LogP contribution in [0, 0.1) is 0 Å². The molecule has 2 heterocycles. The summed E-state index contributed by atoms with van der Waals surface area (Å²) in [5.74, 6) is 1.47. The van der Waals surface area contributed by atoms with E-state index in [9.17, 15) is 4.79 Å². The Kier molecular flexibility index (Phi) is 8.18. The van der Waals surface area contributed by atoms with Crippen molar-refractivity contribution in [3.8, 4) is 23.0 Å². The Morgan fingerprint density at radius 2 is 1.05 bits per heavy atom. The van der Waals surface area contributed by atoms with Gasteiger partial charge >= 0.3 is 5.97 Å². The molecule has 6 rings (SSSR count). The molecule has 0 bridgehead atoms. The Hall–Kier alpha value is -5.76. The maximum absolute atomic E-state index is 12.5. The van der Waals surface area contributed by atoms with Crippen molar-refractivity contribution in [3.05, 3.63) is 133 Å². The minimum Gasteiger partial charge on any atom is -0.487 e. The summed E-state index contributed by atoms with van der Waals surface area (Å²) in [6.07, 6.45) is 0. The van der Waals surface area contributed by atoms with E-state index in [0.29, 0.717) is 36.2 Å². The van der Waals surface area contributed by atoms with Crippen LogP contribution in [0.2, 0.25) is 0 Å². The molecule has 0 N–H and O–H groups in total. The van der Waals surface area contributed by atoms with Crippen LogP contribution in [0.4, 0.5) is 0 Å². The van der Waals surface area contributed by atoms with Crippen LogP contribution in [-0.4, -0.2) is 21.6 Å². The predicted molar refractivity (Wildman–Crippen MR) is 164 cm³/mol. The first-order valence-corrected chi connectivity index (χ1v) is 13.7. The molecule has 0 amide bonds. The molecule has 0 spiro atoms. The molecule has 0 atom stereocenters. The average Bonchev–Trinajstić information content (AvgIpc) is 3.06. The molecule has 0 radical (unpaired) electrons. The fourth-order valence-electron chi connectivity index (χ4n) is 4.23. The van der Waals surface area contributed by atoms with Crippen molar-refractivity contribution >= 4 is 33.5 Å². The van der Waals surface area contributed by atoms with Gasteiger partial charge in [-0.3, -0.25) is 0 Å². The maximum atomic E-state index is 12.5. The van der Waals surface area contributed by atoms with Crippen molar-refractivity contribution in [2.24, 2.45) is 5.16 Å². The van der Waals surface area contributed by atoms with Crippen molar-refractivity contribution in [2.45, 2.75) is 20.1 Å². The van der Waals surface area contributed by atoms with Crippen LogP contribution < -0.4 is 19.0 Å². The lowest BCUT2D eigenvalue weighted by Crippen LogP contribution is -2.18. The number of fused-ring (bicyclic) bond motifs is 2. The summed E-state index contributed by atoms with van der Waals surface area (Å²) in [7, 11) is 0. The van der Waals surface area contributed by atoms with Gasteiger partial charge < -0.3 is 19.0 Å². The molecular weight excluding hydrogens is 542 g/mol. The van der Waals surface area contributed by atoms with Gasteiger partial charge in [-0.05, 0) is 79.7 Å². The highest BCUT2D eigenvalue weighted by molar-refractivity contribution is 6.35. The van der Waals surface area contributed by atoms with Crippen LogP contribution in [0.3, 0.4) is 0 Å². The number of ether oxygens (including phenoxy) is 3. The van der Waals surface area contributed by atoms with Gasteiger partial charge in [0.15, 0.2) is 11.5 Å². The normalized spacial score (nSPS) is 11.3. The SMILES string of the molecule is CC(=NOc1ccc(OCc2ccc3ccccc3n2)cc1)C(=O)Oc1ccc(OCc2ccc3ccccc3n2)cc1. The van der Waals surface area contributed by atoms with Crippen molar-refractivity contribution in [3.63, 3.8) is 0 Å². The third-order valence-electron chi connectivity index (χ3n) is 6.53. The van der Waals surface area contributed by atoms with Gasteiger partial charge in [-0.15, -0.1) is 0 Å². The van der Waals surface area contributed by atoms with Crippen LogP contribution in [0.1, 0.15) is 18.3 Å². The van der Waals surface area contributed by atoms with Crippen molar-refractivity contribution < 1.29 is 23.8 Å². The highest BCUT2D eigenvalue weighted by atomic mass is 16.6. The number of rotatable bonds is 10. The van der Waals surface area contributed by atoms with Crippen molar-refractivity contribution in [2.75, 3.05) is 0 Å². The lowest BCUT2D eigenvalue weighted by Gasteiger charge is -2.08. The van der Waals surface area contributed by atoms with Crippen LogP contribution in [0.25, 0.3) is 21.8 Å². The standard InChI is InChI=1S/C35H27N3O5/c1-24(38-43-32-20-16-30(17-21-32)41-23-28-13-11-26-7-3-5-9-34(26)37-28)35(39)42-31-18-14-29(15-19-31)40-22-27-12-10-25-6-2-4-8-33(25)36-27/h2-21H,22-23H2,1H3.